The summed E-state index contributed by atoms with van der Waals surface area (Å²) in [5, 5.41) is 4.11. The average molecular weight is 425 g/mol. The van der Waals surface area contributed by atoms with Crippen LogP contribution in [0.1, 0.15) is 5.56 Å². The van der Waals surface area contributed by atoms with E-state index in [4.69, 9.17) is 0 Å². The number of benzene rings is 2. The minimum absolute atomic E-state index is 0.0216. The van der Waals surface area contributed by atoms with E-state index in [-0.39, 0.29) is 6.54 Å². The number of aryl methyl sites for hydroxylation is 1. The molecule has 0 spiro atoms. The molecule has 1 N–H and O–H groups in total. The fraction of sp³-hybridized carbons (Fsp3) is 0.211. The first-order chi connectivity index (χ1) is 13.7. The van der Waals surface area contributed by atoms with Crippen LogP contribution in [0.5, 0.6) is 5.75 Å². The van der Waals surface area contributed by atoms with E-state index in [0.717, 1.165) is 29.0 Å². The van der Waals surface area contributed by atoms with Crippen molar-refractivity contribution in [2.24, 2.45) is 7.05 Å². The minimum Gasteiger partial charge on any atom is -0.404 e. The van der Waals surface area contributed by atoms with Crippen molar-refractivity contribution < 1.29 is 26.3 Å². The molecule has 0 saturated heterocycles. The Morgan fingerprint density at radius 3 is 2.38 bits per heavy atom. The van der Waals surface area contributed by atoms with Crippen LogP contribution in [-0.4, -0.2) is 31.1 Å². The van der Waals surface area contributed by atoms with Crippen LogP contribution in [0.3, 0.4) is 0 Å². The van der Waals surface area contributed by atoms with Crippen LogP contribution in [-0.2, 0) is 23.5 Å². The molecule has 0 fully saturated rings. The molecule has 0 atom stereocenters. The smallest absolute Gasteiger partial charge is 0.404 e. The Bertz CT molecular complexity index is 1080. The van der Waals surface area contributed by atoms with Gasteiger partial charge in [-0.15, -0.1) is 13.2 Å². The molecule has 0 aliphatic carbocycles. The molecule has 10 heteroatoms. The van der Waals surface area contributed by atoms with E-state index >= 15 is 0 Å². The zero-order chi connectivity index (χ0) is 21.1. The highest BCUT2D eigenvalue weighted by molar-refractivity contribution is 7.89. The average Bonchev–Trinajstić information content (AvgIpc) is 3.07. The lowest BCUT2D eigenvalue weighted by Crippen LogP contribution is -2.27. The Morgan fingerprint density at radius 1 is 1.07 bits per heavy atom. The summed E-state index contributed by atoms with van der Waals surface area (Å²) < 4.78 is 70.2. The second-order valence-electron chi connectivity index (χ2n) is 6.18. The SMILES string of the molecule is Cn1nccc1-c1ccc(CCNS(=O)(=O)c2ccccc2OC(F)(F)F)cc1. The van der Waals surface area contributed by atoms with Crippen LogP contribution < -0.4 is 9.46 Å². The van der Waals surface area contributed by atoms with Crippen LogP contribution in [0.25, 0.3) is 11.3 Å². The zero-order valence-corrected chi connectivity index (χ0v) is 16.2. The molecule has 0 radical (unpaired) electrons. The molecular weight excluding hydrogens is 407 g/mol. The highest BCUT2D eigenvalue weighted by Crippen LogP contribution is 2.29. The van der Waals surface area contributed by atoms with E-state index in [1.807, 2.05) is 37.4 Å². The number of aromatic nitrogens is 2. The molecule has 0 bridgehead atoms. The van der Waals surface area contributed by atoms with Crippen molar-refractivity contribution in [2.75, 3.05) is 6.54 Å². The maximum atomic E-state index is 12.5. The van der Waals surface area contributed by atoms with Crippen molar-refractivity contribution in [3.8, 4) is 17.0 Å². The van der Waals surface area contributed by atoms with Gasteiger partial charge >= 0.3 is 6.36 Å². The van der Waals surface area contributed by atoms with Gasteiger partial charge in [-0.1, -0.05) is 36.4 Å². The summed E-state index contributed by atoms with van der Waals surface area (Å²) in [6.45, 7) is 0.0216. The zero-order valence-electron chi connectivity index (χ0n) is 15.3. The molecule has 0 aliphatic rings. The molecule has 2 aromatic carbocycles. The Morgan fingerprint density at radius 2 is 1.76 bits per heavy atom. The monoisotopic (exact) mass is 425 g/mol. The van der Waals surface area contributed by atoms with Gasteiger partial charge in [0.1, 0.15) is 10.6 Å². The van der Waals surface area contributed by atoms with Crippen molar-refractivity contribution in [1.82, 2.24) is 14.5 Å². The minimum atomic E-state index is -4.98. The van der Waals surface area contributed by atoms with Crippen LogP contribution in [0, 0.1) is 0 Å². The summed E-state index contributed by atoms with van der Waals surface area (Å²) in [7, 11) is -2.34. The lowest BCUT2D eigenvalue weighted by Gasteiger charge is -2.14. The van der Waals surface area contributed by atoms with Gasteiger partial charge in [0, 0.05) is 19.8 Å². The standard InChI is InChI=1S/C19H18F3N3O3S/c1-25-16(11-12-23-25)15-8-6-14(7-9-15)10-13-24-29(26,27)18-5-3-2-4-17(18)28-19(20,21)22/h2-9,11-12,24H,10,13H2,1H3. The fourth-order valence-corrected chi connectivity index (χ4v) is 3.95. The number of hydrogen-bond donors (Lipinski definition) is 1. The number of rotatable bonds is 7. The number of alkyl halides is 3. The number of para-hydroxylation sites is 1. The van der Waals surface area contributed by atoms with Crippen LogP contribution in [0.2, 0.25) is 0 Å². The van der Waals surface area contributed by atoms with Crippen LogP contribution in [0.15, 0.2) is 65.7 Å². The summed E-state index contributed by atoms with van der Waals surface area (Å²) in [5.74, 6) is -0.770. The molecule has 1 aromatic heterocycles. The summed E-state index contributed by atoms with van der Waals surface area (Å²) in [5.41, 5.74) is 2.78. The number of hydrogen-bond acceptors (Lipinski definition) is 4. The summed E-state index contributed by atoms with van der Waals surface area (Å²) in [4.78, 5) is -0.566. The van der Waals surface area contributed by atoms with Gasteiger partial charge in [0.2, 0.25) is 10.0 Å². The molecule has 0 saturated carbocycles. The van der Waals surface area contributed by atoms with Gasteiger partial charge in [-0.25, -0.2) is 13.1 Å². The van der Waals surface area contributed by atoms with E-state index < -0.39 is 27.0 Å². The fourth-order valence-electron chi connectivity index (χ4n) is 2.79. The number of ether oxygens (including phenoxy) is 1. The largest absolute Gasteiger partial charge is 0.573 e. The van der Waals surface area contributed by atoms with E-state index in [2.05, 4.69) is 14.6 Å². The van der Waals surface area contributed by atoms with Gasteiger partial charge in [-0.3, -0.25) is 4.68 Å². The first kappa shape index (κ1) is 20.9. The van der Waals surface area contributed by atoms with Crippen molar-refractivity contribution in [1.29, 1.82) is 0 Å². The summed E-state index contributed by atoms with van der Waals surface area (Å²) >= 11 is 0. The number of nitrogens with zero attached hydrogens (tertiary/aromatic N) is 2. The molecular formula is C19H18F3N3O3S. The van der Waals surface area contributed by atoms with Gasteiger partial charge in [-0.2, -0.15) is 5.10 Å². The molecule has 6 nitrogen and oxygen atoms in total. The Labute approximate surface area is 166 Å². The second-order valence-corrected chi connectivity index (χ2v) is 7.91. The van der Waals surface area contributed by atoms with Crippen LogP contribution in [0.4, 0.5) is 13.2 Å². The summed E-state index contributed by atoms with van der Waals surface area (Å²) in [6, 6.07) is 14.0. The number of nitrogens with one attached hydrogen (secondary N) is 1. The van der Waals surface area contributed by atoms with E-state index in [1.165, 1.54) is 12.1 Å². The third-order valence-corrected chi connectivity index (χ3v) is 5.64. The predicted molar refractivity (Wildman–Crippen MR) is 101 cm³/mol. The molecule has 29 heavy (non-hydrogen) atoms. The van der Waals surface area contributed by atoms with Gasteiger partial charge in [0.05, 0.1) is 5.69 Å². The lowest BCUT2D eigenvalue weighted by molar-refractivity contribution is -0.275. The quantitative estimate of drug-likeness (QED) is 0.629. The van der Waals surface area contributed by atoms with Crippen molar-refractivity contribution in [3.63, 3.8) is 0 Å². The Balaban J connectivity index is 1.65. The van der Waals surface area contributed by atoms with Crippen molar-refractivity contribution >= 4 is 10.0 Å². The second kappa shape index (κ2) is 8.26. The van der Waals surface area contributed by atoms with Crippen LogP contribution >= 0.6 is 0 Å². The summed E-state index contributed by atoms with van der Waals surface area (Å²) in [6.07, 6.45) is -2.92. The van der Waals surface area contributed by atoms with Crippen molar-refractivity contribution in [2.45, 2.75) is 17.7 Å². The lowest BCUT2D eigenvalue weighted by atomic mass is 10.1. The normalized spacial score (nSPS) is 12.1. The maximum Gasteiger partial charge on any atom is 0.573 e. The molecule has 1 heterocycles. The van der Waals surface area contributed by atoms with Gasteiger partial charge < -0.3 is 4.74 Å². The third kappa shape index (κ3) is 5.36. The van der Waals surface area contributed by atoms with Gasteiger partial charge in [-0.05, 0) is 35.7 Å². The Hall–Kier alpha value is -2.85. The molecule has 0 amide bonds. The topological polar surface area (TPSA) is 73.2 Å². The molecule has 154 valence electrons. The molecule has 0 unspecified atom stereocenters. The molecule has 3 aromatic rings. The predicted octanol–water partition coefficient (Wildman–Crippen LogP) is 3.51. The first-order valence-corrected chi connectivity index (χ1v) is 10.1. The third-order valence-electron chi connectivity index (χ3n) is 4.14. The first-order valence-electron chi connectivity index (χ1n) is 8.57. The van der Waals surface area contributed by atoms with E-state index in [1.54, 1.807) is 10.9 Å². The Kier molecular flexibility index (Phi) is 5.94. The maximum absolute atomic E-state index is 12.5. The van der Waals surface area contributed by atoms with Gasteiger partial charge in [0.15, 0.2) is 0 Å². The molecule has 0 aliphatic heterocycles. The number of halogens is 3. The highest BCUT2D eigenvalue weighted by Gasteiger charge is 2.33. The molecule has 3 rings (SSSR count). The number of sulfonamides is 1. The highest BCUT2D eigenvalue weighted by atomic mass is 32.2. The van der Waals surface area contributed by atoms with E-state index in [9.17, 15) is 21.6 Å². The van der Waals surface area contributed by atoms with E-state index in [0.29, 0.717) is 6.42 Å². The van der Waals surface area contributed by atoms with Crippen molar-refractivity contribution in [3.05, 3.63) is 66.4 Å². The van der Waals surface area contributed by atoms with Gasteiger partial charge in [0.25, 0.3) is 0 Å².